The fourth-order valence-electron chi connectivity index (χ4n) is 2.92. The van der Waals surface area contributed by atoms with E-state index < -0.39 is 36.7 Å². The van der Waals surface area contributed by atoms with Crippen LogP contribution in [0, 0.1) is 17.2 Å². The van der Waals surface area contributed by atoms with Gasteiger partial charge in [0.25, 0.3) is 0 Å². The van der Waals surface area contributed by atoms with E-state index in [-0.39, 0.29) is 18.3 Å². The van der Waals surface area contributed by atoms with E-state index in [0.29, 0.717) is 11.2 Å². The van der Waals surface area contributed by atoms with Gasteiger partial charge in [-0.2, -0.15) is 10.4 Å². The van der Waals surface area contributed by atoms with Gasteiger partial charge in [-0.15, -0.1) is 0 Å². The molecule has 2 aromatic rings. The first-order chi connectivity index (χ1) is 13.3. The summed E-state index contributed by atoms with van der Waals surface area (Å²) in [5, 5.41) is 34.6. The highest BCUT2D eigenvalue weighted by atomic mass is 16.7. The quantitative estimate of drug-likeness (QED) is 0.598. The smallest absolute Gasteiger partial charge is 0.434 e. The van der Waals surface area contributed by atoms with Gasteiger partial charge in [-0.25, -0.2) is 14.3 Å². The molecular weight excluding hydrogens is 370 g/mol. The van der Waals surface area contributed by atoms with E-state index >= 15 is 0 Å². The predicted octanol–water partition coefficient (Wildman–Crippen LogP) is 0.176. The van der Waals surface area contributed by atoms with Crippen molar-refractivity contribution in [1.29, 1.82) is 5.26 Å². The van der Waals surface area contributed by atoms with Crippen molar-refractivity contribution in [2.45, 2.75) is 37.8 Å². The average Bonchev–Trinajstić information content (AvgIpc) is 3.20. The molecule has 0 saturated carbocycles. The number of aromatic nitrogens is 3. The van der Waals surface area contributed by atoms with Crippen molar-refractivity contribution in [2.75, 3.05) is 18.9 Å². The molecule has 11 nitrogen and oxygen atoms in total. The molecule has 1 aliphatic heterocycles. The van der Waals surface area contributed by atoms with Crippen LogP contribution >= 0.6 is 0 Å². The number of nitriles is 1. The normalized spacial score (nSPS) is 27.1. The van der Waals surface area contributed by atoms with Crippen LogP contribution in [0.3, 0.4) is 0 Å². The van der Waals surface area contributed by atoms with Gasteiger partial charge in [-0.05, 0) is 18.1 Å². The fourth-order valence-corrected chi connectivity index (χ4v) is 2.92. The van der Waals surface area contributed by atoms with Crippen LogP contribution in [0.5, 0.6) is 0 Å². The molecule has 28 heavy (non-hydrogen) atoms. The standard InChI is InChI=1S/C17H21N5O6/c1-9(2)5-26-16(25)27-7-17(6-18)14(24)12(23)13(28-17)10-3-4-11-15(19)20-8-21-22(10)11/h3-4,8-9,12-14,23-24H,5,7H2,1-2H3,(H2,19,20,21)/t12-,13-,14-,17+/m0/s1. The van der Waals surface area contributed by atoms with E-state index in [1.54, 1.807) is 18.2 Å². The Kier molecular flexibility index (Phi) is 5.37. The van der Waals surface area contributed by atoms with Crippen molar-refractivity contribution in [1.82, 2.24) is 14.6 Å². The SMILES string of the molecule is CC(C)COC(=O)OC[C@@]1(C#N)O[C@@H](c2ccc3c(N)ncnn23)[C@H](O)[C@@H]1O. The molecule has 0 amide bonds. The fraction of sp³-hybridized carbons (Fsp3) is 0.529. The third-order valence-corrected chi connectivity index (χ3v) is 4.38. The van der Waals surface area contributed by atoms with Crippen LogP contribution in [-0.2, 0) is 14.2 Å². The first-order valence-electron chi connectivity index (χ1n) is 8.62. The molecule has 11 heteroatoms. The van der Waals surface area contributed by atoms with Crippen molar-refractivity contribution in [3.05, 3.63) is 24.2 Å². The summed E-state index contributed by atoms with van der Waals surface area (Å²) in [7, 11) is 0. The Morgan fingerprint density at radius 1 is 1.46 bits per heavy atom. The number of nitrogen functional groups attached to an aromatic ring is 1. The molecule has 150 valence electrons. The molecule has 1 saturated heterocycles. The summed E-state index contributed by atoms with van der Waals surface area (Å²) >= 11 is 0. The largest absolute Gasteiger partial charge is 0.508 e. The molecule has 0 radical (unpaired) electrons. The van der Waals surface area contributed by atoms with E-state index in [9.17, 15) is 20.3 Å². The number of aliphatic hydroxyl groups excluding tert-OH is 2. The molecule has 1 aliphatic rings. The Bertz CT molecular complexity index is 909. The van der Waals surface area contributed by atoms with Crippen LogP contribution in [0.25, 0.3) is 5.52 Å². The van der Waals surface area contributed by atoms with Crippen molar-refractivity contribution >= 4 is 17.5 Å². The maximum atomic E-state index is 11.7. The molecule has 0 spiro atoms. The third kappa shape index (κ3) is 3.45. The summed E-state index contributed by atoms with van der Waals surface area (Å²) in [6.45, 7) is 3.24. The van der Waals surface area contributed by atoms with E-state index in [0.717, 1.165) is 0 Å². The number of nitrogens with zero attached hydrogens (tertiary/aromatic N) is 4. The van der Waals surface area contributed by atoms with Gasteiger partial charge >= 0.3 is 6.16 Å². The Hall–Kier alpha value is -2.94. The van der Waals surface area contributed by atoms with Gasteiger partial charge < -0.3 is 30.2 Å². The summed E-state index contributed by atoms with van der Waals surface area (Å²) in [5.41, 5.74) is 4.66. The average molecular weight is 391 g/mol. The van der Waals surface area contributed by atoms with Gasteiger partial charge in [0.05, 0.1) is 12.3 Å². The Balaban J connectivity index is 1.80. The first-order valence-corrected chi connectivity index (χ1v) is 8.62. The number of fused-ring (bicyclic) bond motifs is 1. The molecule has 2 aromatic heterocycles. The van der Waals surface area contributed by atoms with Crippen molar-refractivity contribution in [2.24, 2.45) is 5.92 Å². The second-order valence-corrected chi connectivity index (χ2v) is 6.92. The van der Waals surface area contributed by atoms with E-state index in [2.05, 4.69) is 10.1 Å². The predicted molar refractivity (Wildman–Crippen MR) is 93.7 cm³/mol. The number of aliphatic hydroxyl groups is 2. The maximum Gasteiger partial charge on any atom is 0.508 e. The van der Waals surface area contributed by atoms with E-state index in [4.69, 9.17) is 19.9 Å². The first kappa shape index (κ1) is 19.8. The minimum Gasteiger partial charge on any atom is -0.434 e. The van der Waals surface area contributed by atoms with Gasteiger partial charge in [-0.1, -0.05) is 13.8 Å². The summed E-state index contributed by atoms with van der Waals surface area (Å²) in [4.78, 5) is 15.6. The van der Waals surface area contributed by atoms with Crippen LogP contribution in [0.4, 0.5) is 10.6 Å². The summed E-state index contributed by atoms with van der Waals surface area (Å²) in [6, 6.07) is 5.01. The topological polar surface area (TPSA) is 165 Å². The van der Waals surface area contributed by atoms with Gasteiger partial charge in [0.1, 0.15) is 42.8 Å². The van der Waals surface area contributed by atoms with Gasteiger partial charge in [0, 0.05) is 0 Å². The van der Waals surface area contributed by atoms with Gasteiger partial charge in [-0.3, -0.25) is 0 Å². The molecule has 3 heterocycles. The number of carbonyl (C=O) groups excluding carboxylic acids is 1. The number of rotatable bonds is 5. The lowest BCUT2D eigenvalue weighted by atomic mass is 9.96. The second-order valence-electron chi connectivity index (χ2n) is 6.92. The monoisotopic (exact) mass is 391 g/mol. The number of hydrogen-bond donors (Lipinski definition) is 3. The Morgan fingerprint density at radius 3 is 2.89 bits per heavy atom. The molecule has 3 rings (SSSR count). The molecule has 0 aromatic carbocycles. The van der Waals surface area contributed by atoms with E-state index in [1.807, 2.05) is 13.8 Å². The molecule has 4 atom stereocenters. The lowest BCUT2D eigenvalue weighted by Gasteiger charge is -2.23. The van der Waals surface area contributed by atoms with Gasteiger partial charge in [0.2, 0.25) is 5.60 Å². The van der Waals surface area contributed by atoms with Crippen LogP contribution < -0.4 is 5.73 Å². The van der Waals surface area contributed by atoms with Crippen LogP contribution in [0.1, 0.15) is 25.6 Å². The van der Waals surface area contributed by atoms with Crippen LogP contribution in [0.15, 0.2) is 18.5 Å². The molecule has 4 N–H and O–H groups in total. The summed E-state index contributed by atoms with van der Waals surface area (Å²) in [5.74, 6) is 0.325. The third-order valence-electron chi connectivity index (χ3n) is 4.38. The highest BCUT2D eigenvalue weighted by Crippen LogP contribution is 2.40. The minimum absolute atomic E-state index is 0.106. The Morgan fingerprint density at radius 2 is 2.21 bits per heavy atom. The number of carbonyl (C=O) groups is 1. The maximum absolute atomic E-state index is 11.7. The molecule has 0 bridgehead atoms. The number of ether oxygens (including phenoxy) is 3. The molecule has 0 unspecified atom stereocenters. The zero-order valence-electron chi connectivity index (χ0n) is 15.3. The number of nitrogens with two attached hydrogens (primary N) is 1. The number of hydrogen-bond acceptors (Lipinski definition) is 10. The van der Waals surface area contributed by atoms with E-state index in [1.165, 1.54) is 10.8 Å². The summed E-state index contributed by atoms with van der Waals surface area (Å²) in [6.07, 6.45) is -3.98. The zero-order valence-corrected chi connectivity index (χ0v) is 15.3. The lowest BCUT2D eigenvalue weighted by molar-refractivity contribution is -0.0862. The van der Waals surface area contributed by atoms with Crippen molar-refractivity contribution in [3.63, 3.8) is 0 Å². The highest BCUT2D eigenvalue weighted by Gasteiger charge is 2.57. The van der Waals surface area contributed by atoms with Gasteiger partial charge in [0.15, 0.2) is 5.82 Å². The summed E-state index contributed by atoms with van der Waals surface area (Å²) < 4.78 is 16.9. The Labute approximate surface area is 160 Å². The zero-order chi connectivity index (χ0) is 20.5. The highest BCUT2D eigenvalue weighted by molar-refractivity contribution is 5.65. The molecule has 1 fully saturated rings. The number of anilines is 1. The van der Waals surface area contributed by atoms with Crippen molar-refractivity contribution < 1.29 is 29.2 Å². The van der Waals surface area contributed by atoms with Crippen LogP contribution in [0.2, 0.25) is 0 Å². The second kappa shape index (κ2) is 7.59. The van der Waals surface area contributed by atoms with Crippen molar-refractivity contribution in [3.8, 4) is 6.07 Å². The molecular formula is C17H21N5O6. The van der Waals surface area contributed by atoms with Crippen LogP contribution in [-0.4, -0.2) is 62.0 Å². The minimum atomic E-state index is -1.97. The lowest BCUT2D eigenvalue weighted by Crippen LogP contribution is -2.46. The molecule has 0 aliphatic carbocycles.